The van der Waals surface area contributed by atoms with Gasteiger partial charge in [-0.3, -0.25) is 19.5 Å². The van der Waals surface area contributed by atoms with Gasteiger partial charge in [0.25, 0.3) is 11.7 Å². The third kappa shape index (κ3) is 4.19. The van der Waals surface area contributed by atoms with Crippen LogP contribution in [0.2, 0.25) is 0 Å². The number of aliphatic hydroxyl groups is 1. The molecule has 1 amide bonds. The molecular weight excluding hydrogens is 428 g/mol. The van der Waals surface area contributed by atoms with Crippen molar-refractivity contribution in [2.45, 2.75) is 46.8 Å². The number of aliphatic hydroxyl groups excluding tert-OH is 1. The molecule has 1 aromatic heterocycles. The predicted octanol–water partition coefficient (Wildman–Crippen LogP) is 5.42. The largest absolute Gasteiger partial charge is 0.507 e. The molecule has 1 saturated heterocycles. The van der Waals surface area contributed by atoms with Gasteiger partial charge in [0.1, 0.15) is 17.6 Å². The zero-order valence-corrected chi connectivity index (χ0v) is 20.0. The second-order valence-electron chi connectivity index (χ2n) is 8.84. The first-order valence-electron chi connectivity index (χ1n) is 11.3. The van der Waals surface area contributed by atoms with Gasteiger partial charge in [0.2, 0.25) is 0 Å². The molecule has 1 N–H and O–H groups in total. The molecule has 0 aliphatic carbocycles. The van der Waals surface area contributed by atoms with Gasteiger partial charge in [-0.2, -0.15) is 0 Å². The number of hydrogen-bond donors (Lipinski definition) is 1. The molecule has 34 heavy (non-hydrogen) atoms. The molecule has 0 spiro atoms. The van der Waals surface area contributed by atoms with Gasteiger partial charge in [-0.15, -0.1) is 0 Å². The van der Waals surface area contributed by atoms with Crippen molar-refractivity contribution in [3.05, 3.63) is 94.3 Å². The number of hydrogen-bond acceptors (Lipinski definition) is 5. The van der Waals surface area contributed by atoms with E-state index in [9.17, 15) is 14.7 Å². The Labute approximate surface area is 199 Å². The molecule has 2 aromatic carbocycles. The Morgan fingerprint density at radius 2 is 1.74 bits per heavy atom. The van der Waals surface area contributed by atoms with Gasteiger partial charge >= 0.3 is 0 Å². The van der Waals surface area contributed by atoms with Crippen molar-refractivity contribution >= 4 is 23.1 Å². The highest BCUT2D eigenvalue weighted by atomic mass is 16.5. The Balaban J connectivity index is 1.89. The van der Waals surface area contributed by atoms with Crippen molar-refractivity contribution < 1.29 is 19.4 Å². The number of anilines is 1. The monoisotopic (exact) mass is 456 g/mol. The fourth-order valence-electron chi connectivity index (χ4n) is 4.13. The molecule has 2 heterocycles. The van der Waals surface area contributed by atoms with Crippen molar-refractivity contribution in [3.63, 3.8) is 0 Å². The molecule has 0 bridgehead atoms. The lowest BCUT2D eigenvalue weighted by molar-refractivity contribution is -0.132. The van der Waals surface area contributed by atoms with Crippen LogP contribution in [0.5, 0.6) is 5.75 Å². The zero-order chi connectivity index (χ0) is 24.6. The highest BCUT2D eigenvalue weighted by Crippen LogP contribution is 2.42. The number of aromatic nitrogens is 1. The zero-order valence-electron chi connectivity index (χ0n) is 20.0. The van der Waals surface area contributed by atoms with E-state index in [0.717, 1.165) is 16.7 Å². The maximum atomic E-state index is 13.3. The molecule has 1 aliphatic heterocycles. The summed E-state index contributed by atoms with van der Waals surface area (Å²) in [5, 5.41) is 11.3. The van der Waals surface area contributed by atoms with Crippen molar-refractivity contribution in [3.8, 4) is 5.75 Å². The first-order valence-corrected chi connectivity index (χ1v) is 11.3. The molecule has 6 nitrogen and oxygen atoms in total. The van der Waals surface area contributed by atoms with E-state index in [2.05, 4.69) is 4.98 Å². The van der Waals surface area contributed by atoms with Gasteiger partial charge in [-0.1, -0.05) is 12.1 Å². The standard InChI is InChI=1S/C28H28N2O4/c1-16(2)34-23-12-10-20(14-19(23)5)26(31)24-25(22-8-6-7-13-29-22)30(28(33)27(24)32)21-11-9-17(3)18(4)15-21/h6-16,25,31H,1-5H3/b26-24+. The molecule has 3 aromatic rings. The number of benzene rings is 2. The molecule has 1 aliphatic rings. The molecule has 0 saturated carbocycles. The van der Waals surface area contributed by atoms with Crippen molar-refractivity contribution in [1.29, 1.82) is 0 Å². The summed E-state index contributed by atoms with van der Waals surface area (Å²) >= 11 is 0. The summed E-state index contributed by atoms with van der Waals surface area (Å²) in [4.78, 5) is 32.4. The topological polar surface area (TPSA) is 79.7 Å². The number of ether oxygens (including phenoxy) is 1. The van der Waals surface area contributed by atoms with E-state index < -0.39 is 17.7 Å². The normalized spacial score (nSPS) is 17.5. The highest BCUT2D eigenvalue weighted by molar-refractivity contribution is 6.51. The third-order valence-corrected chi connectivity index (χ3v) is 5.99. The van der Waals surface area contributed by atoms with Crippen molar-refractivity contribution in [1.82, 2.24) is 4.98 Å². The van der Waals surface area contributed by atoms with E-state index in [1.54, 1.807) is 42.6 Å². The minimum absolute atomic E-state index is 0.00518. The molecule has 1 atom stereocenters. The lowest BCUT2D eigenvalue weighted by Crippen LogP contribution is -2.29. The number of pyridine rings is 1. The average Bonchev–Trinajstić information content (AvgIpc) is 3.07. The fourth-order valence-corrected chi connectivity index (χ4v) is 4.13. The summed E-state index contributed by atoms with van der Waals surface area (Å²) in [6.45, 7) is 9.69. The van der Waals surface area contributed by atoms with Gasteiger partial charge in [0.15, 0.2) is 0 Å². The van der Waals surface area contributed by atoms with E-state index in [0.29, 0.717) is 22.7 Å². The number of aryl methyl sites for hydroxylation is 3. The summed E-state index contributed by atoms with van der Waals surface area (Å²) < 4.78 is 5.79. The van der Waals surface area contributed by atoms with Crippen LogP contribution >= 0.6 is 0 Å². The fraction of sp³-hybridized carbons (Fsp3) is 0.250. The maximum absolute atomic E-state index is 13.3. The lowest BCUT2D eigenvalue weighted by atomic mass is 9.97. The summed E-state index contributed by atoms with van der Waals surface area (Å²) in [6.07, 6.45) is 1.61. The van der Waals surface area contributed by atoms with Crippen LogP contribution in [-0.2, 0) is 9.59 Å². The number of amides is 1. The second-order valence-corrected chi connectivity index (χ2v) is 8.84. The van der Waals surface area contributed by atoms with Crippen LogP contribution in [0.4, 0.5) is 5.69 Å². The van der Waals surface area contributed by atoms with Crippen molar-refractivity contribution in [2.75, 3.05) is 4.90 Å². The van der Waals surface area contributed by atoms with Gasteiger partial charge < -0.3 is 9.84 Å². The van der Waals surface area contributed by atoms with E-state index in [1.165, 1.54) is 4.90 Å². The molecule has 4 rings (SSSR count). The van der Waals surface area contributed by atoms with Gasteiger partial charge in [-0.05, 0) is 93.8 Å². The van der Waals surface area contributed by atoms with Crippen LogP contribution < -0.4 is 9.64 Å². The van der Waals surface area contributed by atoms with Gasteiger partial charge in [-0.25, -0.2) is 0 Å². The smallest absolute Gasteiger partial charge is 0.300 e. The van der Waals surface area contributed by atoms with Crippen LogP contribution in [0.25, 0.3) is 5.76 Å². The summed E-state index contributed by atoms with van der Waals surface area (Å²) in [7, 11) is 0. The Kier molecular flexibility index (Phi) is 6.24. The van der Waals surface area contributed by atoms with Crippen LogP contribution in [0, 0.1) is 20.8 Å². The van der Waals surface area contributed by atoms with Crippen LogP contribution in [0.1, 0.15) is 47.8 Å². The quantitative estimate of drug-likeness (QED) is 0.315. The predicted molar refractivity (Wildman–Crippen MR) is 132 cm³/mol. The lowest BCUT2D eigenvalue weighted by Gasteiger charge is -2.25. The Morgan fingerprint density at radius 3 is 2.35 bits per heavy atom. The molecule has 1 unspecified atom stereocenters. The SMILES string of the molecule is Cc1ccc(N2C(=O)C(=O)/C(=C(/O)c3ccc(OC(C)C)c(C)c3)C2c2ccccn2)cc1C. The van der Waals surface area contributed by atoms with E-state index in [-0.39, 0.29) is 17.4 Å². The van der Waals surface area contributed by atoms with Crippen LogP contribution in [0.15, 0.2) is 66.4 Å². The van der Waals surface area contributed by atoms with E-state index >= 15 is 0 Å². The van der Waals surface area contributed by atoms with Crippen LogP contribution in [0.3, 0.4) is 0 Å². The Bertz CT molecular complexity index is 1300. The molecule has 6 heteroatoms. The summed E-state index contributed by atoms with van der Waals surface area (Å²) in [6, 6.07) is 15.3. The number of rotatable bonds is 5. The Morgan fingerprint density at radius 1 is 0.971 bits per heavy atom. The molecule has 0 radical (unpaired) electrons. The average molecular weight is 457 g/mol. The summed E-state index contributed by atoms with van der Waals surface area (Å²) in [5.74, 6) is -0.980. The number of carbonyl (C=O) groups excluding carboxylic acids is 2. The van der Waals surface area contributed by atoms with E-state index in [4.69, 9.17) is 4.74 Å². The second kappa shape index (κ2) is 9.14. The van der Waals surface area contributed by atoms with Crippen LogP contribution in [-0.4, -0.2) is 27.9 Å². The minimum Gasteiger partial charge on any atom is -0.507 e. The molecular formula is C28H28N2O4. The van der Waals surface area contributed by atoms with Crippen molar-refractivity contribution in [2.24, 2.45) is 0 Å². The third-order valence-electron chi connectivity index (χ3n) is 5.99. The maximum Gasteiger partial charge on any atom is 0.300 e. The highest BCUT2D eigenvalue weighted by Gasteiger charge is 2.47. The Hall–Kier alpha value is -3.93. The summed E-state index contributed by atoms with van der Waals surface area (Å²) in [5.41, 5.74) is 4.42. The number of carbonyl (C=O) groups is 2. The molecule has 1 fully saturated rings. The first kappa shape index (κ1) is 23.2. The van der Waals surface area contributed by atoms with Gasteiger partial charge in [0.05, 0.1) is 17.4 Å². The minimum atomic E-state index is -0.852. The van der Waals surface area contributed by atoms with Gasteiger partial charge in [0, 0.05) is 17.4 Å². The first-order chi connectivity index (χ1) is 16.2. The number of Topliss-reactive ketones (excluding diaryl/α,β-unsaturated/α-hetero) is 1. The number of nitrogens with zero attached hydrogens (tertiary/aromatic N) is 2. The van der Waals surface area contributed by atoms with E-state index in [1.807, 2.05) is 52.8 Å². The number of ketones is 1. The molecule has 174 valence electrons.